The average molecular weight is 331 g/mol. The van der Waals surface area contributed by atoms with Crippen LogP contribution in [0.5, 0.6) is 0 Å². The molecule has 3 rings (SSSR count). The van der Waals surface area contributed by atoms with Crippen molar-refractivity contribution in [1.82, 2.24) is 19.8 Å². The van der Waals surface area contributed by atoms with Crippen LogP contribution >= 0.6 is 0 Å². The molecular weight excluding hydrogens is 310 g/mol. The predicted octanol–water partition coefficient (Wildman–Crippen LogP) is 0.347. The maximum atomic E-state index is 12.5. The number of benzene rings is 1. The molecule has 1 aromatic heterocycles. The van der Waals surface area contributed by atoms with Crippen molar-refractivity contribution < 1.29 is 9.59 Å². The van der Waals surface area contributed by atoms with E-state index in [1.807, 2.05) is 13.0 Å². The first-order chi connectivity index (χ1) is 11.4. The molecule has 0 saturated carbocycles. The van der Waals surface area contributed by atoms with Gasteiger partial charge in [-0.1, -0.05) is 0 Å². The Morgan fingerprint density at radius 1 is 1.08 bits per heavy atom. The summed E-state index contributed by atoms with van der Waals surface area (Å²) >= 11 is 0. The molecule has 1 aliphatic rings. The quantitative estimate of drug-likeness (QED) is 0.755. The third-order valence-corrected chi connectivity index (χ3v) is 4.31. The van der Waals surface area contributed by atoms with E-state index in [1.165, 1.54) is 0 Å². The summed E-state index contributed by atoms with van der Waals surface area (Å²) in [6, 6.07) is 5.02. The van der Waals surface area contributed by atoms with E-state index < -0.39 is 6.04 Å². The van der Waals surface area contributed by atoms with E-state index in [2.05, 4.69) is 15.3 Å². The second-order valence-electron chi connectivity index (χ2n) is 6.04. The van der Waals surface area contributed by atoms with Crippen LogP contribution in [0.25, 0.3) is 11.0 Å². The number of aromatic nitrogens is 2. The number of nitrogens with one attached hydrogen (secondary N) is 3. The fourth-order valence-corrected chi connectivity index (χ4v) is 2.95. The van der Waals surface area contributed by atoms with Crippen molar-refractivity contribution >= 4 is 28.5 Å². The van der Waals surface area contributed by atoms with Crippen LogP contribution in [-0.2, 0) is 9.59 Å². The molecule has 128 valence electrons. The number of nitrogens with zero attached hydrogens (tertiary/aromatic N) is 2. The molecule has 0 unspecified atom stereocenters. The number of H-pyrrole nitrogens is 2. The monoisotopic (exact) mass is 331 g/mol. The van der Waals surface area contributed by atoms with Crippen LogP contribution in [0, 0.1) is 0 Å². The summed E-state index contributed by atoms with van der Waals surface area (Å²) in [6.07, 6.45) is 0. The number of carbonyl (C=O) groups excluding carboxylic acids is 2. The molecule has 24 heavy (non-hydrogen) atoms. The Morgan fingerprint density at radius 3 is 2.38 bits per heavy atom. The zero-order valence-electron chi connectivity index (χ0n) is 13.8. The molecule has 2 heterocycles. The van der Waals surface area contributed by atoms with Gasteiger partial charge in [0.05, 0.1) is 11.0 Å². The highest BCUT2D eigenvalue weighted by Gasteiger charge is 2.25. The number of amides is 2. The number of aromatic amines is 2. The molecule has 1 aliphatic heterocycles. The number of rotatable bonds is 3. The first-order valence-electron chi connectivity index (χ1n) is 7.97. The van der Waals surface area contributed by atoms with E-state index in [1.54, 1.807) is 28.9 Å². The summed E-state index contributed by atoms with van der Waals surface area (Å²) in [4.78, 5) is 44.1. The molecule has 2 aromatic rings. The molecule has 8 nitrogen and oxygen atoms in total. The molecule has 3 N–H and O–H groups in total. The highest BCUT2D eigenvalue weighted by atomic mass is 16.2. The number of carbonyl (C=O) groups is 2. The summed E-state index contributed by atoms with van der Waals surface area (Å²) in [5.41, 5.74) is 1.93. The number of fused-ring (bicyclic) bond motifs is 1. The molecule has 1 saturated heterocycles. The smallest absolute Gasteiger partial charge is 0.323 e. The lowest BCUT2D eigenvalue weighted by Gasteiger charge is -2.35. The Kier molecular flexibility index (Phi) is 4.28. The largest absolute Gasteiger partial charge is 0.374 e. The Bertz CT molecular complexity index is 816. The normalized spacial score (nSPS) is 16.2. The standard InChI is InChI=1S/C16H21N5O3/c1-10(15(23)21-7-5-20(6-8-21)11(2)22)17-12-3-4-13-14(9-12)19-16(24)18-13/h3-4,9-10,17H,5-8H2,1-2H3,(H2,18,19,24)/t10-/m1/s1. The summed E-state index contributed by atoms with van der Waals surface area (Å²) in [5.74, 6) is 0.0444. The van der Waals surface area contributed by atoms with Crippen LogP contribution in [0.15, 0.2) is 23.0 Å². The van der Waals surface area contributed by atoms with E-state index in [4.69, 9.17) is 0 Å². The van der Waals surface area contributed by atoms with Crippen LogP contribution in [0.3, 0.4) is 0 Å². The second-order valence-corrected chi connectivity index (χ2v) is 6.04. The summed E-state index contributed by atoms with van der Waals surface area (Å²) in [5, 5.41) is 3.17. The minimum atomic E-state index is -0.392. The zero-order chi connectivity index (χ0) is 17.3. The number of imidazole rings is 1. The molecular formula is C16H21N5O3. The molecule has 1 fully saturated rings. The third-order valence-electron chi connectivity index (χ3n) is 4.31. The van der Waals surface area contributed by atoms with E-state index in [0.29, 0.717) is 31.7 Å². The summed E-state index contributed by atoms with van der Waals surface area (Å²) in [6.45, 7) is 5.60. The molecule has 1 atom stereocenters. The minimum Gasteiger partial charge on any atom is -0.374 e. The van der Waals surface area contributed by atoms with Gasteiger partial charge in [0.1, 0.15) is 6.04 Å². The van der Waals surface area contributed by atoms with E-state index in [-0.39, 0.29) is 17.5 Å². The first-order valence-corrected chi connectivity index (χ1v) is 7.97. The molecule has 0 bridgehead atoms. The van der Waals surface area contributed by atoms with Crippen molar-refractivity contribution in [1.29, 1.82) is 0 Å². The lowest BCUT2D eigenvalue weighted by atomic mass is 10.2. The van der Waals surface area contributed by atoms with Crippen molar-refractivity contribution in [3.05, 3.63) is 28.7 Å². The van der Waals surface area contributed by atoms with Gasteiger partial charge in [0.25, 0.3) is 0 Å². The third kappa shape index (κ3) is 3.27. The van der Waals surface area contributed by atoms with Gasteiger partial charge in [-0.15, -0.1) is 0 Å². The minimum absolute atomic E-state index is 0.000797. The van der Waals surface area contributed by atoms with Gasteiger partial charge in [-0.25, -0.2) is 4.79 Å². The summed E-state index contributed by atoms with van der Waals surface area (Å²) < 4.78 is 0. The Hall–Kier alpha value is -2.77. The molecule has 8 heteroatoms. The van der Waals surface area contributed by atoms with Gasteiger partial charge >= 0.3 is 5.69 Å². The topological polar surface area (TPSA) is 101 Å². The molecule has 0 spiro atoms. The maximum absolute atomic E-state index is 12.5. The van der Waals surface area contributed by atoms with Crippen molar-refractivity contribution in [3.63, 3.8) is 0 Å². The van der Waals surface area contributed by atoms with Gasteiger partial charge in [0.15, 0.2) is 0 Å². The van der Waals surface area contributed by atoms with Crippen molar-refractivity contribution in [2.24, 2.45) is 0 Å². The zero-order valence-corrected chi connectivity index (χ0v) is 13.8. The van der Waals surface area contributed by atoms with E-state index in [9.17, 15) is 14.4 Å². The van der Waals surface area contributed by atoms with Crippen LogP contribution in [0.1, 0.15) is 13.8 Å². The number of anilines is 1. The maximum Gasteiger partial charge on any atom is 0.323 e. The Morgan fingerprint density at radius 2 is 1.71 bits per heavy atom. The highest BCUT2D eigenvalue weighted by Crippen LogP contribution is 2.16. The van der Waals surface area contributed by atoms with Crippen LogP contribution in [0.4, 0.5) is 5.69 Å². The lowest BCUT2D eigenvalue weighted by molar-refractivity contribution is -0.138. The van der Waals surface area contributed by atoms with Gasteiger partial charge in [0, 0.05) is 38.8 Å². The fraction of sp³-hybridized carbons (Fsp3) is 0.438. The Balaban J connectivity index is 1.63. The van der Waals surface area contributed by atoms with Crippen molar-refractivity contribution in [3.8, 4) is 0 Å². The highest BCUT2D eigenvalue weighted by molar-refractivity contribution is 5.86. The van der Waals surface area contributed by atoms with Gasteiger partial charge in [-0.3, -0.25) is 9.59 Å². The molecule has 0 radical (unpaired) electrons. The molecule has 0 aliphatic carbocycles. The van der Waals surface area contributed by atoms with E-state index >= 15 is 0 Å². The van der Waals surface area contributed by atoms with Gasteiger partial charge in [-0.05, 0) is 25.1 Å². The molecule has 2 amide bonds. The van der Waals surface area contributed by atoms with Crippen molar-refractivity contribution in [2.45, 2.75) is 19.9 Å². The number of piperazine rings is 1. The van der Waals surface area contributed by atoms with Crippen molar-refractivity contribution in [2.75, 3.05) is 31.5 Å². The average Bonchev–Trinajstić information content (AvgIpc) is 2.93. The van der Waals surface area contributed by atoms with Crippen LogP contribution < -0.4 is 11.0 Å². The predicted molar refractivity (Wildman–Crippen MR) is 90.8 cm³/mol. The fourth-order valence-electron chi connectivity index (χ4n) is 2.95. The van der Waals surface area contributed by atoms with Gasteiger partial charge in [-0.2, -0.15) is 0 Å². The van der Waals surface area contributed by atoms with Gasteiger partial charge in [0.2, 0.25) is 11.8 Å². The Labute approximate surface area is 138 Å². The molecule has 1 aromatic carbocycles. The van der Waals surface area contributed by atoms with Crippen LogP contribution in [-0.4, -0.2) is 63.8 Å². The van der Waals surface area contributed by atoms with Gasteiger partial charge < -0.3 is 25.1 Å². The lowest BCUT2D eigenvalue weighted by Crippen LogP contribution is -2.53. The number of hydrogen-bond acceptors (Lipinski definition) is 4. The second kappa shape index (κ2) is 6.38. The first kappa shape index (κ1) is 16.1. The SMILES string of the molecule is CC(=O)N1CCN(C(=O)[C@@H](C)Nc2ccc3[nH]c(=O)[nH]c3c2)CC1. The number of hydrogen-bond donors (Lipinski definition) is 3. The summed E-state index contributed by atoms with van der Waals surface area (Å²) in [7, 11) is 0. The van der Waals surface area contributed by atoms with E-state index in [0.717, 1.165) is 11.2 Å². The van der Waals surface area contributed by atoms with Crippen LogP contribution in [0.2, 0.25) is 0 Å².